The fraction of sp³-hybridized carbons (Fsp3) is 0.632. The lowest BCUT2D eigenvalue weighted by Gasteiger charge is -2.41. The summed E-state index contributed by atoms with van der Waals surface area (Å²) in [7, 11) is 0. The summed E-state index contributed by atoms with van der Waals surface area (Å²) in [6.07, 6.45) is 3.00. The number of ketones is 1. The Bertz CT molecular complexity index is 531. The van der Waals surface area contributed by atoms with Crippen molar-refractivity contribution in [3.63, 3.8) is 0 Å². The van der Waals surface area contributed by atoms with Gasteiger partial charge in [0.1, 0.15) is 5.78 Å². The Morgan fingerprint density at radius 1 is 1.24 bits per heavy atom. The van der Waals surface area contributed by atoms with Crippen LogP contribution in [-0.4, -0.2) is 18.4 Å². The second-order valence-electron chi connectivity index (χ2n) is 7.76. The number of rotatable bonds is 2. The molecular weight excluding hydrogens is 258 g/mol. The number of hydrogen-bond donors (Lipinski definition) is 0. The SMILES string of the molecule is CCC1CN(c2ccc(C)cc2)C2CC(C)(C)CC(=O)C12. The maximum atomic E-state index is 12.7. The molecule has 0 spiro atoms. The number of nitrogens with zero attached hydrogens (tertiary/aromatic N) is 1. The number of benzene rings is 1. The molecule has 114 valence electrons. The van der Waals surface area contributed by atoms with Crippen LogP contribution in [0.25, 0.3) is 0 Å². The van der Waals surface area contributed by atoms with Crippen LogP contribution >= 0.6 is 0 Å². The number of aryl methyl sites for hydroxylation is 1. The quantitative estimate of drug-likeness (QED) is 0.811. The summed E-state index contributed by atoms with van der Waals surface area (Å²) >= 11 is 0. The first-order valence-corrected chi connectivity index (χ1v) is 8.27. The van der Waals surface area contributed by atoms with Crippen molar-refractivity contribution in [1.82, 2.24) is 0 Å². The standard InChI is InChI=1S/C19H27NO/c1-5-14-12-20(15-8-6-13(2)7-9-15)16-10-19(3,4)11-17(21)18(14)16/h6-9,14,16,18H,5,10-12H2,1-4H3. The zero-order chi connectivity index (χ0) is 15.2. The van der Waals surface area contributed by atoms with Crippen LogP contribution in [0, 0.1) is 24.2 Å². The average Bonchev–Trinajstić information content (AvgIpc) is 2.77. The van der Waals surface area contributed by atoms with E-state index in [1.165, 1.54) is 11.3 Å². The van der Waals surface area contributed by atoms with Crippen molar-refractivity contribution in [2.24, 2.45) is 17.3 Å². The Labute approximate surface area is 128 Å². The average molecular weight is 285 g/mol. The van der Waals surface area contributed by atoms with Gasteiger partial charge in [-0.15, -0.1) is 0 Å². The molecule has 0 bridgehead atoms. The normalized spacial score (nSPS) is 31.3. The van der Waals surface area contributed by atoms with Gasteiger partial charge in [-0.25, -0.2) is 0 Å². The van der Waals surface area contributed by atoms with Crippen molar-refractivity contribution in [2.75, 3.05) is 11.4 Å². The van der Waals surface area contributed by atoms with Crippen LogP contribution in [0.2, 0.25) is 0 Å². The van der Waals surface area contributed by atoms with Gasteiger partial charge in [0.15, 0.2) is 0 Å². The van der Waals surface area contributed by atoms with Crippen molar-refractivity contribution < 1.29 is 4.79 Å². The third-order valence-corrected chi connectivity index (χ3v) is 5.43. The largest absolute Gasteiger partial charge is 0.367 e. The van der Waals surface area contributed by atoms with E-state index in [1.807, 2.05) is 0 Å². The summed E-state index contributed by atoms with van der Waals surface area (Å²) in [4.78, 5) is 15.2. The highest BCUT2D eigenvalue weighted by atomic mass is 16.1. The minimum absolute atomic E-state index is 0.143. The fourth-order valence-corrected chi connectivity index (χ4v) is 4.37. The van der Waals surface area contributed by atoms with E-state index in [-0.39, 0.29) is 11.3 Å². The smallest absolute Gasteiger partial charge is 0.138 e. The Hall–Kier alpha value is -1.31. The molecule has 1 heterocycles. The number of Topliss-reactive ketones (excluding diaryl/α,β-unsaturated/α-hetero) is 1. The lowest BCUT2D eigenvalue weighted by molar-refractivity contribution is -0.129. The first-order valence-electron chi connectivity index (χ1n) is 8.27. The van der Waals surface area contributed by atoms with Gasteiger partial charge < -0.3 is 4.90 Å². The van der Waals surface area contributed by atoms with E-state index in [0.29, 0.717) is 17.7 Å². The second-order valence-corrected chi connectivity index (χ2v) is 7.76. The van der Waals surface area contributed by atoms with Gasteiger partial charge in [-0.2, -0.15) is 0 Å². The van der Waals surface area contributed by atoms with Crippen LogP contribution in [0.5, 0.6) is 0 Å². The van der Waals surface area contributed by atoms with Crippen LogP contribution in [0.3, 0.4) is 0 Å². The second kappa shape index (κ2) is 5.15. The molecule has 1 aliphatic carbocycles. The molecule has 3 unspecified atom stereocenters. The Kier molecular flexibility index (Phi) is 3.59. The number of hydrogen-bond acceptors (Lipinski definition) is 2. The van der Waals surface area contributed by atoms with Gasteiger partial charge in [0.25, 0.3) is 0 Å². The Balaban J connectivity index is 1.94. The highest BCUT2D eigenvalue weighted by molar-refractivity contribution is 5.85. The molecule has 0 amide bonds. The highest BCUT2D eigenvalue weighted by Crippen LogP contribution is 2.47. The maximum absolute atomic E-state index is 12.7. The number of carbonyl (C=O) groups excluding carboxylic acids is 1. The van der Waals surface area contributed by atoms with Gasteiger partial charge in [-0.1, -0.05) is 44.9 Å². The molecule has 2 fully saturated rings. The number of carbonyl (C=O) groups is 1. The van der Waals surface area contributed by atoms with E-state index in [1.54, 1.807) is 0 Å². The van der Waals surface area contributed by atoms with Gasteiger partial charge in [0.2, 0.25) is 0 Å². The monoisotopic (exact) mass is 285 g/mol. The lowest BCUT2D eigenvalue weighted by Crippen LogP contribution is -2.45. The summed E-state index contributed by atoms with van der Waals surface area (Å²) in [5.41, 5.74) is 2.72. The molecule has 0 aromatic heterocycles. The van der Waals surface area contributed by atoms with Gasteiger partial charge in [-0.05, 0) is 36.8 Å². The van der Waals surface area contributed by atoms with E-state index >= 15 is 0 Å². The zero-order valence-electron chi connectivity index (χ0n) is 13.7. The van der Waals surface area contributed by atoms with Crippen molar-refractivity contribution in [1.29, 1.82) is 0 Å². The minimum Gasteiger partial charge on any atom is -0.367 e. The molecule has 0 N–H and O–H groups in total. The molecule has 21 heavy (non-hydrogen) atoms. The third-order valence-electron chi connectivity index (χ3n) is 5.43. The lowest BCUT2D eigenvalue weighted by atomic mass is 9.67. The molecule has 1 aromatic rings. The summed E-state index contributed by atoms with van der Waals surface area (Å²) in [6.45, 7) is 9.88. The molecule has 1 saturated heterocycles. The number of fused-ring (bicyclic) bond motifs is 1. The maximum Gasteiger partial charge on any atom is 0.138 e. The van der Waals surface area contributed by atoms with Crippen molar-refractivity contribution in [2.45, 2.75) is 53.0 Å². The molecule has 0 radical (unpaired) electrons. The van der Waals surface area contributed by atoms with Gasteiger partial charge in [0, 0.05) is 30.6 Å². The van der Waals surface area contributed by atoms with Crippen LogP contribution < -0.4 is 4.90 Å². The molecule has 3 atom stereocenters. The van der Waals surface area contributed by atoms with Crippen LogP contribution in [0.4, 0.5) is 5.69 Å². The zero-order valence-corrected chi connectivity index (χ0v) is 13.7. The fourth-order valence-electron chi connectivity index (χ4n) is 4.37. The molecular formula is C19H27NO. The number of anilines is 1. The summed E-state index contributed by atoms with van der Waals surface area (Å²) in [5, 5.41) is 0. The predicted octanol–water partition coefficient (Wildman–Crippen LogP) is 4.22. The van der Waals surface area contributed by atoms with E-state index in [9.17, 15) is 4.79 Å². The van der Waals surface area contributed by atoms with E-state index in [4.69, 9.17) is 0 Å². The first-order chi connectivity index (χ1) is 9.91. The predicted molar refractivity (Wildman–Crippen MR) is 87.6 cm³/mol. The van der Waals surface area contributed by atoms with E-state index in [0.717, 1.165) is 25.8 Å². The molecule has 2 aliphatic rings. The van der Waals surface area contributed by atoms with Gasteiger partial charge in [0.05, 0.1) is 0 Å². The molecule has 2 heteroatoms. The van der Waals surface area contributed by atoms with Gasteiger partial charge in [-0.3, -0.25) is 4.79 Å². The highest BCUT2D eigenvalue weighted by Gasteiger charge is 2.50. The topological polar surface area (TPSA) is 20.3 Å². The van der Waals surface area contributed by atoms with Crippen LogP contribution in [0.15, 0.2) is 24.3 Å². The minimum atomic E-state index is 0.143. The summed E-state index contributed by atoms with van der Waals surface area (Å²) in [6, 6.07) is 9.19. The first kappa shape index (κ1) is 14.6. The van der Waals surface area contributed by atoms with Crippen molar-refractivity contribution in [3.8, 4) is 0 Å². The van der Waals surface area contributed by atoms with E-state index in [2.05, 4.69) is 56.9 Å². The Morgan fingerprint density at radius 3 is 2.52 bits per heavy atom. The van der Waals surface area contributed by atoms with Crippen LogP contribution in [0.1, 0.15) is 45.6 Å². The van der Waals surface area contributed by atoms with Crippen molar-refractivity contribution >= 4 is 11.5 Å². The van der Waals surface area contributed by atoms with Crippen LogP contribution in [-0.2, 0) is 4.79 Å². The molecule has 2 nitrogen and oxygen atoms in total. The molecule has 1 aliphatic heterocycles. The van der Waals surface area contributed by atoms with E-state index < -0.39 is 0 Å². The third kappa shape index (κ3) is 2.61. The van der Waals surface area contributed by atoms with Gasteiger partial charge >= 0.3 is 0 Å². The molecule has 3 rings (SSSR count). The summed E-state index contributed by atoms with van der Waals surface area (Å²) in [5.74, 6) is 1.28. The molecule has 1 aromatic carbocycles. The summed E-state index contributed by atoms with van der Waals surface area (Å²) < 4.78 is 0. The van der Waals surface area contributed by atoms with Crippen molar-refractivity contribution in [3.05, 3.63) is 29.8 Å². The Morgan fingerprint density at radius 2 is 1.90 bits per heavy atom. The molecule has 1 saturated carbocycles.